The lowest BCUT2D eigenvalue weighted by Gasteiger charge is -2.11. The van der Waals surface area contributed by atoms with Crippen LogP contribution in [0.1, 0.15) is 22.3 Å². The van der Waals surface area contributed by atoms with Crippen LogP contribution in [-0.4, -0.2) is 21.4 Å². The van der Waals surface area contributed by atoms with Crippen molar-refractivity contribution in [1.82, 2.24) is 4.83 Å². The Hall–Kier alpha value is -2.54. The summed E-state index contributed by atoms with van der Waals surface area (Å²) in [5, 5.41) is 3.86. The number of fused-ring (bicyclic) bond motifs is 1. The third-order valence-electron chi connectivity index (χ3n) is 3.66. The Morgan fingerprint density at radius 2 is 1.71 bits per heavy atom. The molecule has 24 heavy (non-hydrogen) atoms. The van der Waals surface area contributed by atoms with Crippen LogP contribution in [0.4, 0.5) is 0 Å². The highest BCUT2D eigenvalue weighted by molar-refractivity contribution is 7.89. The fraction of sp³-hybridized carbons (Fsp3) is 0.235. The average Bonchev–Trinajstić information content (AvgIpc) is 2.93. The molecule has 0 saturated carbocycles. The van der Waals surface area contributed by atoms with Crippen LogP contribution in [-0.2, 0) is 10.0 Å². The van der Waals surface area contributed by atoms with Gasteiger partial charge < -0.3 is 9.47 Å². The first-order chi connectivity index (χ1) is 11.4. The fourth-order valence-corrected chi connectivity index (χ4v) is 4.05. The lowest BCUT2D eigenvalue weighted by Crippen LogP contribution is -2.20. The summed E-state index contributed by atoms with van der Waals surface area (Å²) in [6.45, 7) is 5.67. The molecule has 0 saturated heterocycles. The van der Waals surface area contributed by atoms with Crippen LogP contribution in [0.15, 0.2) is 40.3 Å². The summed E-state index contributed by atoms with van der Waals surface area (Å²) < 4.78 is 35.5. The van der Waals surface area contributed by atoms with E-state index in [2.05, 4.69) is 9.93 Å². The summed E-state index contributed by atoms with van der Waals surface area (Å²) >= 11 is 0. The van der Waals surface area contributed by atoms with Crippen LogP contribution >= 0.6 is 0 Å². The number of benzene rings is 2. The number of nitrogens with one attached hydrogen (secondary N) is 1. The minimum atomic E-state index is -3.72. The second-order valence-corrected chi connectivity index (χ2v) is 7.29. The van der Waals surface area contributed by atoms with Crippen molar-refractivity contribution in [2.75, 3.05) is 6.79 Å². The standard InChI is InChI=1S/C17H18N2O4S/c1-11-6-12(2)17(13(3)7-11)24(20,21)19-18-9-14-4-5-15-16(8-14)23-10-22-15/h4-9,19H,10H2,1-3H3. The molecule has 1 aliphatic rings. The molecule has 0 unspecified atom stereocenters. The highest BCUT2D eigenvalue weighted by Crippen LogP contribution is 2.32. The molecule has 0 fully saturated rings. The molecular formula is C17H18N2O4S. The van der Waals surface area contributed by atoms with Gasteiger partial charge in [0.15, 0.2) is 11.5 Å². The lowest BCUT2D eigenvalue weighted by molar-refractivity contribution is 0.174. The van der Waals surface area contributed by atoms with Crippen molar-refractivity contribution in [2.24, 2.45) is 5.10 Å². The van der Waals surface area contributed by atoms with Gasteiger partial charge in [0.2, 0.25) is 6.79 Å². The third-order valence-corrected chi connectivity index (χ3v) is 5.18. The first-order valence-electron chi connectivity index (χ1n) is 7.39. The van der Waals surface area contributed by atoms with E-state index < -0.39 is 10.0 Å². The highest BCUT2D eigenvalue weighted by atomic mass is 32.2. The van der Waals surface area contributed by atoms with Gasteiger partial charge in [-0.1, -0.05) is 17.7 Å². The molecular weight excluding hydrogens is 328 g/mol. The zero-order valence-corrected chi connectivity index (χ0v) is 14.5. The van der Waals surface area contributed by atoms with Crippen LogP contribution in [0.25, 0.3) is 0 Å². The van der Waals surface area contributed by atoms with E-state index in [1.165, 1.54) is 6.21 Å². The number of hydrogen-bond donors (Lipinski definition) is 1. The van der Waals surface area contributed by atoms with Gasteiger partial charge in [-0.3, -0.25) is 0 Å². The topological polar surface area (TPSA) is 77.0 Å². The summed E-state index contributed by atoms with van der Waals surface area (Å²) in [6.07, 6.45) is 1.43. The van der Waals surface area contributed by atoms with Crippen molar-refractivity contribution in [3.63, 3.8) is 0 Å². The maximum Gasteiger partial charge on any atom is 0.277 e. The third kappa shape index (κ3) is 3.21. The van der Waals surface area contributed by atoms with Crippen LogP contribution in [0.2, 0.25) is 0 Å². The Morgan fingerprint density at radius 3 is 2.42 bits per heavy atom. The van der Waals surface area contributed by atoms with E-state index in [1.54, 1.807) is 32.0 Å². The van der Waals surface area contributed by atoms with E-state index in [0.29, 0.717) is 28.2 Å². The fourth-order valence-electron chi connectivity index (χ4n) is 2.80. The second-order valence-electron chi connectivity index (χ2n) is 5.69. The predicted octanol–water partition coefficient (Wildman–Crippen LogP) is 2.65. The monoisotopic (exact) mass is 346 g/mol. The number of nitrogens with zero attached hydrogens (tertiary/aromatic N) is 1. The summed E-state index contributed by atoms with van der Waals surface area (Å²) in [6, 6.07) is 8.94. The van der Waals surface area contributed by atoms with Gasteiger partial charge in [-0.15, -0.1) is 0 Å². The molecule has 2 aromatic rings. The number of sulfonamides is 1. The smallest absolute Gasteiger partial charge is 0.277 e. The Labute approximate surface area is 141 Å². The molecule has 0 atom stereocenters. The quantitative estimate of drug-likeness (QED) is 0.682. The summed E-state index contributed by atoms with van der Waals surface area (Å²) in [5.74, 6) is 1.28. The van der Waals surface area contributed by atoms with Crippen LogP contribution in [0.5, 0.6) is 11.5 Å². The minimum Gasteiger partial charge on any atom is -0.454 e. The summed E-state index contributed by atoms with van der Waals surface area (Å²) in [7, 11) is -3.72. The van der Waals surface area contributed by atoms with E-state index >= 15 is 0 Å². The van der Waals surface area contributed by atoms with Crippen molar-refractivity contribution in [3.05, 3.63) is 52.6 Å². The predicted molar refractivity (Wildman–Crippen MR) is 91.1 cm³/mol. The van der Waals surface area contributed by atoms with Gasteiger partial charge in [0.1, 0.15) is 0 Å². The zero-order chi connectivity index (χ0) is 17.3. The molecule has 0 radical (unpaired) electrons. The normalized spacial score (nSPS) is 13.5. The molecule has 7 heteroatoms. The van der Waals surface area contributed by atoms with E-state index in [1.807, 2.05) is 19.1 Å². The first kappa shape index (κ1) is 16.3. The number of hydrazone groups is 1. The highest BCUT2D eigenvalue weighted by Gasteiger charge is 2.19. The molecule has 0 bridgehead atoms. The molecule has 6 nitrogen and oxygen atoms in total. The van der Waals surface area contributed by atoms with Gasteiger partial charge in [-0.2, -0.15) is 13.5 Å². The zero-order valence-electron chi connectivity index (χ0n) is 13.7. The molecule has 0 spiro atoms. The van der Waals surface area contributed by atoms with Crippen molar-refractivity contribution in [2.45, 2.75) is 25.7 Å². The molecule has 1 aliphatic heterocycles. The van der Waals surface area contributed by atoms with E-state index in [4.69, 9.17) is 9.47 Å². The van der Waals surface area contributed by atoms with Gasteiger partial charge >= 0.3 is 0 Å². The second kappa shape index (κ2) is 6.16. The molecule has 1 N–H and O–H groups in total. The average molecular weight is 346 g/mol. The van der Waals surface area contributed by atoms with Crippen LogP contribution < -0.4 is 14.3 Å². The largest absolute Gasteiger partial charge is 0.454 e. The number of hydrogen-bond acceptors (Lipinski definition) is 5. The van der Waals surface area contributed by atoms with Gasteiger partial charge in [0, 0.05) is 0 Å². The maximum absolute atomic E-state index is 12.5. The first-order valence-corrected chi connectivity index (χ1v) is 8.87. The number of aryl methyl sites for hydroxylation is 3. The Balaban J connectivity index is 1.81. The lowest BCUT2D eigenvalue weighted by atomic mass is 10.1. The minimum absolute atomic E-state index is 0.189. The molecule has 0 aromatic heterocycles. The van der Waals surface area contributed by atoms with Crippen molar-refractivity contribution in [3.8, 4) is 11.5 Å². The molecule has 126 valence electrons. The van der Waals surface area contributed by atoms with Gasteiger partial charge in [-0.25, -0.2) is 4.83 Å². The van der Waals surface area contributed by atoms with Crippen molar-refractivity contribution in [1.29, 1.82) is 0 Å². The molecule has 1 heterocycles. The van der Waals surface area contributed by atoms with Gasteiger partial charge in [0.05, 0.1) is 11.1 Å². The number of rotatable bonds is 4. The molecule has 0 amide bonds. The number of ether oxygens (including phenoxy) is 2. The summed E-state index contributed by atoms with van der Waals surface area (Å²) in [4.78, 5) is 2.52. The van der Waals surface area contributed by atoms with Crippen LogP contribution in [0.3, 0.4) is 0 Å². The van der Waals surface area contributed by atoms with E-state index in [-0.39, 0.29) is 11.7 Å². The van der Waals surface area contributed by atoms with Crippen molar-refractivity contribution < 1.29 is 17.9 Å². The van der Waals surface area contributed by atoms with Crippen LogP contribution in [0, 0.1) is 20.8 Å². The Bertz CT molecular complexity index is 897. The molecule has 3 rings (SSSR count). The van der Waals surface area contributed by atoms with E-state index in [9.17, 15) is 8.42 Å². The Kier molecular flexibility index (Phi) is 4.19. The Morgan fingerprint density at radius 1 is 1.04 bits per heavy atom. The van der Waals surface area contributed by atoms with Gasteiger partial charge in [-0.05, 0) is 55.7 Å². The van der Waals surface area contributed by atoms with E-state index in [0.717, 1.165) is 5.56 Å². The van der Waals surface area contributed by atoms with Crippen molar-refractivity contribution >= 4 is 16.2 Å². The maximum atomic E-state index is 12.5. The summed E-state index contributed by atoms with van der Waals surface area (Å²) in [5.41, 5.74) is 3.11. The SMILES string of the molecule is Cc1cc(C)c(S(=O)(=O)NN=Cc2ccc3c(c2)OCO3)c(C)c1. The molecule has 2 aromatic carbocycles. The van der Waals surface area contributed by atoms with Gasteiger partial charge in [0.25, 0.3) is 10.0 Å². The molecule has 0 aliphatic carbocycles.